The lowest BCUT2D eigenvalue weighted by atomic mass is 10.3. The number of nitrogens with one attached hydrogen (secondary N) is 1. The van der Waals surface area contributed by atoms with Crippen LogP contribution in [0.4, 0.5) is 11.8 Å². The van der Waals surface area contributed by atoms with Crippen LogP contribution in [0, 0.1) is 0 Å². The SMILES string of the molecule is N[C@H]1CCN(c2ccnc(NCc3ccccn3)n2)C1. The largest absolute Gasteiger partial charge is 0.355 e. The summed E-state index contributed by atoms with van der Waals surface area (Å²) in [5.74, 6) is 1.55. The molecule has 0 aromatic carbocycles. The third kappa shape index (κ3) is 3.03. The van der Waals surface area contributed by atoms with Crippen LogP contribution in [-0.2, 0) is 6.54 Å². The number of nitrogens with zero attached hydrogens (tertiary/aromatic N) is 4. The van der Waals surface area contributed by atoms with E-state index >= 15 is 0 Å². The molecule has 104 valence electrons. The van der Waals surface area contributed by atoms with Gasteiger partial charge in [0, 0.05) is 31.5 Å². The average Bonchev–Trinajstić information content (AvgIpc) is 2.93. The molecular formula is C14H18N6. The first-order chi connectivity index (χ1) is 9.81. The van der Waals surface area contributed by atoms with Crippen molar-refractivity contribution in [2.75, 3.05) is 23.3 Å². The summed E-state index contributed by atoms with van der Waals surface area (Å²) in [5, 5.41) is 3.19. The van der Waals surface area contributed by atoms with Crippen molar-refractivity contribution in [1.82, 2.24) is 15.0 Å². The number of nitrogens with two attached hydrogens (primary N) is 1. The maximum Gasteiger partial charge on any atom is 0.224 e. The quantitative estimate of drug-likeness (QED) is 0.863. The number of hydrogen-bond donors (Lipinski definition) is 2. The Balaban J connectivity index is 1.65. The Hall–Kier alpha value is -2.21. The highest BCUT2D eigenvalue weighted by molar-refractivity contribution is 5.43. The fourth-order valence-corrected chi connectivity index (χ4v) is 2.28. The van der Waals surface area contributed by atoms with Gasteiger partial charge >= 0.3 is 0 Å². The molecule has 2 aromatic heterocycles. The van der Waals surface area contributed by atoms with Crippen molar-refractivity contribution in [2.24, 2.45) is 5.73 Å². The molecule has 1 atom stereocenters. The van der Waals surface area contributed by atoms with Crippen LogP contribution in [0.25, 0.3) is 0 Å². The van der Waals surface area contributed by atoms with Gasteiger partial charge in [0.15, 0.2) is 0 Å². The molecule has 0 bridgehead atoms. The molecule has 0 saturated carbocycles. The Labute approximate surface area is 118 Å². The third-order valence-corrected chi connectivity index (χ3v) is 3.34. The summed E-state index contributed by atoms with van der Waals surface area (Å²) in [5.41, 5.74) is 6.89. The van der Waals surface area contributed by atoms with Crippen LogP contribution in [0.3, 0.4) is 0 Å². The van der Waals surface area contributed by atoms with Crippen molar-refractivity contribution in [3.05, 3.63) is 42.4 Å². The van der Waals surface area contributed by atoms with E-state index in [4.69, 9.17) is 5.73 Å². The Kier molecular flexibility index (Phi) is 3.73. The molecular weight excluding hydrogens is 252 g/mol. The highest BCUT2D eigenvalue weighted by atomic mass is 15.2. The summed E-state index contributed by atoms with van der Waals surface area (Å²) in [4.78, 5) is 15.2. The molecule has 1 saturated heterocycles. The number of hydrogen-bond acceptors (Lipinski definition) is 6. The molecule has 0 amide bonds. The molecule has 0 radical (unpaired) electrons. The summed E-state index contributed by atoms with van der Waals surface area (Å²) in [6.45, 7) is 2.43. The molecule has 6 heteroatoms. The molecule has 6 nitrogen and oxygen atoms in total. The predicted molar refractivity (Wildman–Crippen MR) is 78.4 cm³/mol. The summed E-state index contributed by atoms with van der Waals surface area (Å²) >= 11 is 0. The minimum absolute atomic E-state index is 0.245. The first-order valence-electron chi connectivity index (χ1n) is 6.78. The highest BCUT2D eigenvalue weighted by Crippen LogP contribution is 2.17. The van der Waals surface area contributed by atoms with Crippen LogP contribution in [0.5, 0.6) is 0 Å². The molecule has 0 spiro atoms. The average molecular weight is 270 g/mol. The fraction of sp³-hybridized carbons (Fsp3) is 0.357. The number of aromatic nitrogens is 3. The van der Waals surface area contributed by atoms with Crippen molar-refractivity contribution >= 4 is 11.8 Å². The van der Waals surface area contributed by atoms with Gasteiger partial charge in [0.1, 0.15) is 5.82 Å². The van der Waals surface area contributed by atoms with Crippen LogP contribution in [-0.4, -0.2) is 34.1 Å². The summed E-state index contributed by atoms with van der Waals surface area (Å²) in [7, 11) is 0. The fourth-order valence-electron chi connectivity index (χ4n) is 2.28. The highest BCUT2D eigenvalue weighted by Gasteiger charge is 2.20. The molecule has 1 aliphatic heterocycles. The monoisotopic (exact) mass is 270 g/mol. The van der Waals surface area contributed by atoms with Gasteiger partial charge in [0.25, 0.3) is 0 Å². The van der Waals surface area contributed by atoms with Crippen LogP contribution in [0.15, 0.2) is 36.7 Å². The third-order valence-electron chi connectivity index (χ3n) is 3.34. The molecule has 0 aliphatic carbocycles. The lowest BCUT2D eigenvalue weighted by Crippen LogP contribution is -2.27. The zero-order valence-electron chi connectivity index (χ0n) is 11.2. The van der Waals surface area contributed by atoms with Crippen LogP contribution >= 0.6 is 0 Å². The molecule has 3 rings (SSSR count). The van der Waals surface area contributed by atoms with E-state index in [1.54, 1.807) is 12.4 Å². The second-order valence-electron chi connectivity index (χ2n) is 4.91. The number of anilines is 2. The normalized spacial score (nSPS) is 18.2. The van der Waals surface area contributed by atoms with Crippen LogP contribution < -0.4 is 16.0 Å². The van der Waals surface area contributed by atoms with E-state index in [0.29, 0.717) is 12.5 Å². The lowest BCUT2D eigenvalue weighted by molar-refractivity contribution is 0.751. The second-order valence-corrected chi connectivity index (χ2v) is 4.91. The Morgan fingerprint density at radius 3 is 2.95 bits per heavy atom. The van der Waals surface area contributed by atoms with E-state index in [1.807, 2.05) is 24.3 Å². The molecule has 3 heterocycles. The topological polar surface area (TPSA) is 80.0 Å². The number of rotatable bonds is 4. The van der Waals surface area contributed by atoms with E-state index in [9.17, 15) is 0 Å². The first-order valence-corrected chi connectivity index (χ1v) is 6.78. The van der Waals surface area contributed by atoms with Gasteiger partial charge in [0.2, 0.25) is 5.95 Å². The van der Waals surface area contributed by atoms with Crippen molar-refractivity contribution in [1.29, 1.82) is 0 Å². The molecule has 0 unspecified atom stereocenters. The van der Waals surface area contributed by atoms with Gasteiger partial charge in [-0.15, -0.1) is 0 Å². The van der Waals surface area contributed by atoms with Gasteiger partial charge < -0.3 is 16.0 Å². The summed E-state index contributed by atoms with van der Waals surface area (Å²) < 4.78 is 0. The summed E-state index contributed by atoms with van der Waals surface area (Å²) in [6, 6.07) is 8.00. The van der Waals surface area contributed by atoms with Crippen LogP contribution in [0.1, 0.15) is 12.1 Å². The Bertz CT molecular complexity index is 559. The van der Waals surface area contributed by atoms with E-state index in [-0.39, 0.29) is 6.04 Å². The van der Waals surface area contributed by atoms with Crippen molar-refractivity contribution < 1.29 is 0 Å². The zero-order valence-corrected chi connectivity index (χ0v) is 11.2. The smallest absolute Gasteiger partial charge is 0.224 e. The van der Waals surface area contributed by atoms with Gasteiger partial charge in [0.05, 0.1) is 12.2 Å². The van der Waals surface area contributed by atoms with E-state index < -0.39 is 0 Å². The molecule has 1 aliphatic rings. The predicted octanol–water partition coefficient (Wildman–Crippen LogP) is 1.02. The van der Waals surface area contributed by atoms with E-state index in [0.717, 1.165) is 31.0 Å². The lowest BCUT2D eigenvalue weighted by Gasteiger charge is -2.17. The van der Waals surface area contributed by atoms with E-state index in [2.05, 4.69) is 25.2 Å². The van der Waals surface area contributed by atoms with Gasteiger partial charge in [-0.25, -0.2) is 4.98 Å². The van der Waals surface area contributed by atoms with Crippen molar-refractivity contribution in [2.45, 2.75) is 19.0 Å². The van der Waals surface area contributed by atoms with Gasteiger partial charge in [-0.05, 0) is 24.6 Å². The molecule has 2 aromatic rings. The maximum atomic E-state index is 5.93. The minimum Gasteiger partial charge on any atom is -0.355 e. The van der Waals surface area contributed by atoms with Gasteiger partial charge in [-0.1, -0.05) is 6.07 Å². The van der Waals surface area contributed by atoms with Crippen molar-refractivity contribution in [3.8, 4) is 0 Å². The molecule has 20 heavy (non-hydrogen) atoms. The molecule has 3 N–H and O–H groups in total. The second kappa shape index (κ2) is 5.83. The van der Waals surface area contributed by atoms with Gasteiger partial charge in [-0.2, -0.15) is 4.98 Å². The van der Waals surface area contributed by atoms with E-state index in [1.165, 1.54) is 0 Å². The first kappa shape index (κ1) is 12.8. The zero-order chi connectivity index (χ0) is 13.8. The Morgan fingerprint density at radius 2 is 2.20 bits per heavy atom. The standard InChI is InChI=1S/C14H18N6/c15-11-5-8-20(10-11)13-4-7-17-14(19-13)18-9-12-3-1-2-6-16-12/h1-4,6-7,11H,5,8-10,15H2,(H,17,18,19)/t11-/m0/s1. The summed E-state index contributed by atoms with van der Waals surface area (Å²) in [6.07, 6.45) is 4.56. The van der Waals surface area contributed by atoms with Gasteiger partial charge in [-0.3, -0.25) is 4.98 Å². The van der Waals surface area contributed by atoms with Crippen molar-refractivity contribution in [3.63, 3.8) is 0 Å². The van der Waals surface area contributed by atoms with Crippen LogP contribution in [0.2, 0.25) is 0 Å². The number of pyridine rings is 1. The molecule has 1 fully saturated rings. The minimum atomic E-state index is 0.245. The maximum absolute atomic E-state index is 5.93. The Morgan fingerprint density at radius 1 is 1.25 bits per heavy atom.